The fraction of sp³-hybridized carbons (Fsp3) is 0.292. The molecule has 0 saturated heterocycles. The second-order valence-corrected chi connectivity index (χ2v) is 7.32. The number of carbonyl (C=O) groups is 3. The molecule has 0 radical (unpaired) electrons. The monoisotopic (exact) mass is 422 g/mol. The van der Waals surface area contributed by atoms with Gasteiger partial charge in [0.1, 0.15) is 6.61 Å². The minimum Gasteiger partial charge on any atom is -0.478 e. The van der Waals surface area contributed by atoms with Gasteiger partial charge < -0.3 is 20.5 Å². The number of amides is 2. The third-order valence-corrected chi connectivity index (χ3v) is 5.27. The van der Waals surface area contributed by atoms with Crippen LogP contribution in [0.15, 0.2) is 60.7 Å². The van der Waals surface area contributed by atoms with Crippen LogP contribution in [-0.4, -0.2) is 42.3 Å². The van der Waals surface area contributed by atoms with Crippen LogP contribution >= 0.6 is 0 Å². The number of carbonyl (C=O) groups excluding carboxylic acids is 2. The molecule has 1 aliphatic rings. The molecule has 2 aromatic rings. The molecule has 162 valence electrons. The molecule has 7 nitrogen and oxygen atoms in total. The Morgan fingerprint density at radius 2 is 1.68 bits per heavy atom. The van der Waals surface area contributed by atoms with Gasteiger partial charge in [0.05, 0.1) is 0 Å². The zero-order chi connectivity index (χ0) is 22.2. The number of nitrogens with one attached hydrogen (secondary N) is 2. The lowest BCUT2D eigenvalue weighted by molar-refractivity contribution is -0.131. The van der Waals surface area contributed by atoms with Gasteiger partial charge in [-0.2, -0.15) is 0 Å². The summed E-state index contributed by atoms with van der Waals surface area (Å²) in [6.07, 6.45) is 2.39. The van der Waals surface area contributed by atoms with Crippen molar-refractivity contribution in [3.05, 3.63) is 71.8 Å². The van der Waals surface area contributed by atoms with Crippen LogP contribution in [0.4, 0.5) is 4.79 Å². The molecule has 0 saturated carbocycles. The van der Waals surface area contributed by atoms with Crippen LogP contribution in [0, 0.1) is 0 Å². The van der Waals surface area contributed by atoms with Crippen LogP contribution in [0.3, 0.4) is 0 Å². The molecule has 2 amide bonds. The van der Waals surface area contributed by atoms with Crippen LogP contribution in [0.5, 0.6) is 0 Å². The molecule has 0 heterocycles. The van der Waals surface area contributed by atoms with Crippen molar-refractivity contribution >= 4 is 18.0 Å². The number of carboxylic acids is 1. The maximum absolute atomic E-state index is 12.4. The van der Waals surface area contributed by atoms with Crippen molar-refractivity contribution in [3.8, 4) is 11.1 Å². The Labute approximate surface area is 181 Å². The van der Waals surface area contributed by atoms with Crippen molar-refractivity contribution in [1.29, 1.82) is 0 Å². The van der Waals surface area contributed by atoms with Crippen molar-refractivity contribution < 1.29 is 24.2 Å². The summed E-state index contributed by atoms with van der Waals surface area (Å²) in [5.41, 5.74) is 4.59. The van der Waals surface area contributed by atoms with Gasteiger partial charge in [-0.25, -0.2) is 9.59 Å². The Morgan fingerprint density at radius 3 is 2.26 bits per heavy atom. The van der Waals surface area contributed by atoms with Crippen molar-refractivity contribution in [1.82, 2.24) is 10.6 Å². The highest BCUT2D eigenvalue weighted by Crippen LogP contribution is 2.44. The lowest BCUT2D eigenvalue weighted by Gasteiger charge is -2.18. The normalized spacial score (nSPS) is 13.3. The van der Waals surface area contributed by atoms with Crippen LogP contribution in [0.25, 0.3) is 11.1 Å². The second kappa shape index (κ2) is 10.4. The summed E-state index contributed by atoms with van der Waals surface area (Å²) >= 11 is 0. The first-order valence-corrected chi connectivity index (χ1v) is 10.3. The summed E-state index contributed by atoms with van der Waals surface area (Å²) in [4.78, 5) is 34.8. The van der Waals surface area contributed by atoms with Crippen molar-refractivity contribution in [2.24, 2.45) is 0 Å². The first kappa shape index (κ1) is 22.1. The summed E-state index contributed by atoms with van der Waals surface area (Å²) in [6, 6.07) is 15.8. The highest BCUT2D eigenvalue weighted by atomic mass is 16.5. The summed E-state index contributed by atoms with van der Waals surface area (Å²) in [5, 5.41) is 13.9. The first-order valence-electron chi connectivity index (χ1n) is 10.3. The number of alkyl carbamates (subject to hydrolysis) is 1. The Hall–Kier alpha value is -3.61. The molecule has 0 unspecified atom stereocenters. The first-order chi connectivity index (χ1) is 15.0. The predicted molar refractivity (Wildman–Crippen MR) is 117 cm³/mol. The van der Waals surface area contributed by atoms with Crippen molar-refractivity contribution in [3.63, 3.8) is 0 Å². The molecule has 0 spiro atoms. The van der Waals surface area contributed by atoms with Crippen molar-refractivity contribution in [2.75, 3.05) is 13.2 Å². The fourth-order valence-corrected chi connectivity index (χ4v) is 3.73. The van der Waals surface area contributed by atoms with E-state index in [4.69, 9.17) is 9.84 Å². The van der Waals surface area contributed by atoms with E-state index in [0.29, 0.717) is 6.42 Å². The highest BCUT2D eigenvalue weighted by molar-refractivity contribution is 5.81. The molecular weight excluding hydrogens is 396 g/mol. The number of hydrogen-bond donors (Lipinski definition) is 3. The number of ether oxygens (including phenoxy) is 1. The zero-order valence-corrected chi connectivity index (χ0v) is 17.3. The summed E-state index contributed by atoms with van der Waals surface area (Å²) < 4.78 is 5.52. The summed E-state index contributed by atoms with van der Waals surface area (Å²) in [7, 11) is 0. The number of aliphatic carboxylic acids is 1. The topological polar surface area (TPSA) is 105 Å². The summed E-state index contributed by atoms with van der Waals surface area (Å²) in [5.74, 6) is -1.37. The molecular formula is C24H26N2O5. The zero-order valence-electron chi connectivity index (χ0n) is 17.3. The number of carboxylic acid groups (broad SMARTS) is 1. The minimum atomic E-state index is -1.07. The number of rotatable bonds is 9. The lowest BCUT2D eigenvalue weighted by atomic mass is 9.98. The SMILES string of the molecule is CC[C@@H](CC(=O)NC/C=C/C(=O)O)NC(=O)OCC1c2ccccc2-c2ccccc21. The van der Waals surface area contributed by atoms with Gasteiger partial charge in [-0.1, -0.05) is 61.5 Å². The van der Waals surface area contributed by atoms with Gasteiger partial charge in [0.2, 0.25) is 5.91 Å². The second-order valence-electron chi connectivity index (χ2n) is 7.32. The van der Waals surface area contributed by atoms with Gasteiger partial charge in [-0.15, -0.1) is 0 Å². The molecule has 3 N–H and O–H groups in total. The Morgan fingerprint density at radius 1 is 1.06 bits per heavy atom. The Bertz CT molecular complexity index is 940. The summed E-state index contributed by atoms with van der Waals surface area (Å²) in [6.45, 7) is 2.20. The average molecular weight is 422 g/mol. The molecule has 2 aromatic carbocycles. The number of hydrogen-bond acceptors (Lipinski definition) is 4. The smallest absolute Gasteiger partial charge is 0.407 e. The quantitative estimate of drug-likeness (QED) is 0.537. The van der Waals surface area contributed by atoms with Gasteiger partial charge >= 0.3 is 12.1 Å². The van der Waals surface area contributed by atoms with Gasteiger partial charge in [-0.3, -0.25) is 4.79 Å². The van der Waals surface area contributed by atoms with E-state index >= 15 is 0 Å². The van der Waals surface area contributed by atoms with E-state index in [1.165, 1.54) is 6.08 Å². The fourth-order valence-electron chi connectivity index (χ4n) is 3.73. The van der Waals surface area contributed by atoms with E-state index in [9.17, 15) is 14.4 Å². The van der Waals surface area contributed by atoms with Gasteiger partial charge in [0.25, 0.3) is 0 Å². The van der Waals surface area contributed by atoms with E-state index in [2.05, 4.69) is 34.9 Å². The van der Waals surface area contributed by atoms with Gasteiger partial charge in [-0.05, 0) is 28.7 Å². The predicted octanol–water partition coefficient (Wildman–Crippen LogP) is 3.45. The van der Waals surface area contributed by atoms with E-state index in [-0.39, 0.29) is 37.4 Å². The van der Waals surface area contributed by atoms with E-state index in [1.54, 1.807) is 0 Å². The average Bonchev–Trinajstić information content (AvgIpc) is 3.08. The molecule has 7 heteroatoms. The Balaban J connectivity index is 1.52. The molecule has 0 fully saturated rings. The third-order valence-electron chi connectivity index (χ3n) is 5.27. The van der Waals surface area contributed by atoms with E-state index < -0.39 is 12.1 Å². The lowest BCUT2D eigenvalue weighted by Crippen LogP contribution is -2.39. The van der Waals surface area contributed by atoms with Crippen molar-refractivity contribution in [2.45, 2.75) is 31.7 Å². The Kier molecular flexibility index (Phi) is 7.43. The molecule has 0 aromatic heterocycles. The van der Waals surface area contributed by atoms with Crippen LogP contribution in [0.1, 0.15) is 36.8 Å². The van der Waals surface area contributed by atoms with E-state index in [0.717, 1.165) is 28.3 Å². The van der Waals surface area contributed by atoms with Crippen LogP contribution in [-0.2, 0) is 14.3 Å². The minimum absolute atomic E-state index is 0.0254. The largest absolute Gasteiger partial charge is 0.478 e. The number of benzene rings is 2. The molecule has 3 rings (SSSR count). The maximum atomic E-state index is 12.4. The molecule has 0 bridgehead atoms. The van der Waals surface area contributed by atoms with E-state index in [1.807, 2.05) is 31.2 Å². The highest BCUT2D eigenvalue weighted by Gasteiger charge is 2.29. The maximum Gasteiger partial charge on any atom is 0.407 e. The molecule has 0 aliphatic heterocycles. The molecule has 31 heavy (non-hydrogen) atoms. The standard InChI is InChI=1S/C24H26N2O5/c1-2-16(14-22(27)25-13-7-12-23(28)29)26-24(30)31-15-21-19-10-5-3-8-17(19)18-9-4-6-11-20(18)21/h3-12,16,21H,2,13-15H2,1H3,(H,25,27)(H,26,30)(H,28,29)/b12-7+/t16-/m0/s1. The number of fused-ring (bicyclic) bond motifs is 3. The molecule has 1 aliphatic carbocycles. The van der Waals surface area contributed by atoms with Gasteiger partial charge in [0.15, 0.2) is 0 Å². The van der Waals surface area contributed by atoms with Gasteiger partial charge in [0, 0.05) is 31.0 Å². The third kappa shape index (κ3) is 5.72. The van der Waals surface area contributed by atoms with Crippen LogP contribution in [0.2, 0.25) is 0 Å². The molecule has 1 atom stereocenters. The van der Waals surface area contributed by atoms with Crippen LogP contribution < -0.4 is 10.6 Å².